The van der Waals surface area contributed by atoms with Gasteiger partial charge in [-0.2, -0.15) is 5.70 Å². The molecule has 2 aliphatic heterocycles. The Balaban J connectivity index is 0.000000284. The normalized spacial score (nSPS) is 21.3. The molecule has 0 aromatic heterocycles. The minimum atomic E-state index is -0.472. The van der Waals surface area contributed by atoms with Gasteiger partial charge in [0.25, 0.3) is 0 Å². The summed E-state index contributed by atoms with van der Waals surface area (Å²) >= 11 is -0.472. The van der Waals surface area contributed by atoms with Gasteiger partial charge < -0.3 is 10.6 Å². The van der Waals surface area contributed by atoms with Crippen LogP contribution in [0.1, 0.15) is 46.0 Å². The molecule has 1 fully saturated rings. The van der Waals surface area contributed by atoms with Crippen LogP contribution in [0.3, 0.4) is 0 Å². The summed E-state index contributed by atoms with van der Waals surface area (Å²) in [5.74, 6) is 0. The Bertz CT molecular complexity index is 252. The van der Waals surface area contributed by atoms with Crippen LogP contribution in [0, 0.1) is 0 Å². The van der Waals surface area contributed by atoms with Gasteiger partial charge in [-0.15, -0.1) is 25.2 Å². The van der Waals surface area contributed by atoms with E-state index in [9.17, 15) is 0 Å². The van der Waals surface area contributed by atoms with Crippen molar-refractivity contribution < 1.29 is 16.5 Å². The van der Waals surface area contributed by atoms with Gasteiger partial charge in [-0.3, -0.25) is 0 Å². The van der Waals surface area contributed by atoms with E-state index >= 15 is 0 Å². The number of hydrogen-bond acceptors (Lipinski definition) is 0. The predicted octanol–water partition coefficient (Wildman–Crippen LogP) is 5.92. The van der Waals surface area contributed by atoms with Gasteiger partial charge in [-0.05, 0) is 0 Å². The fourth-order valence-electron chi connectivity index (χ4n) is 1.88. The predicted molar refractivity (Wildman–Crippen MR) is 83.6 cm³/mol. The molecule has 2 rings (SSSR count). The van der Waals surface area contributed by atoms with Crippen molar-refractivity contribution in [3.8, 4) is 0 Å². The number of halogens is 2. The topological polar surface area (TPSA) is 28.2 Å². The van der Waals surface area contributed by atoms with Crippen molar-refractivity contribution in [1.29, 1.82) is 0 Å². The quantitative estimate of drug-likeness (QED) is 0.464. The molecule has 0 saturated carbocycles. The Morgan fingerprint density at radius 2 is 2.05 bits per heavy atom. The summed E-state index contributed by atoms with van der Waals surface area (Å²) in [5.41, 5.74) is 1.22. The molecule has 0 amide bonds. The first-order valence-corrected chi connectivity index (χ1v) is 12.4. The molecule has 5 heteroatoms. The van der Waals surface area contributed by atoms with Gasteiger partial charge >= 0.3 is 35.3 Å². The third-order valence-electron chi connectivity index (χ3n) is 2.99. The summed E-state index contributed by atoms with van der Waals surface area (Å²) in [6.45, 7) is 6.34. The minimum absolute atomic E-state index is 0.472. The van der Waals surface area contributed by atoms with Crippen LogP contribution >= 0.6 is 18.8 Å². The first kappa shape index (κ1) is 19.5. The number of hydrogen-bond donors (Lipinski definition) is 0. The summed E-state index contributed by atoms with van der Waals surface area (Å²) in [6.07, 6.45) is 12.6. The molecule has 19 heavy (non-hydrogen) atoms. The van der Waals surface area contributed by atoms with E-state index in [-0.39, 0.29) is 0 Å². The van der Waals surface area contributed by atoms with E-state index in [1.165, 1.54) is 31.4 Å². The fraction of sp³-hybridized carbons (Fsp3) is 0.714. The van der Waals surface area contributed by atoms with Crippen LogP contribution in [-0.4, -0.2) is 19.1 Å². The number of nitrogens with zero attached hydrogens (tertiary/aromatic N) is 2. The maximum atomic E-state index is 4.88. The molecular weight excluding hydrogens is 462 g/mol. The second-order valence-electron chi connectivity index (χ2n) is 4.29. The summed E-state index contributed by atoms with van der Waals surface area (Å²) in [5, 5.41) is 8.67. The molecule has 114 valence electrons. The molecule has 2 nitrogen and oxygen atoms in total. The number of rotatable bonds is 2. The number of piperidine rings is 1. The monoisotopic (exact) mass is 485 g/mol. The van der Waals surface area contributed by atoms with Crippen LogP contribution in [0.2, 0.25) is 0 Å². The van der Waals surface area contributed by atoms with Crippen LogP contribution < -0.4 is 0 Å². The molecule has 1 unspecified atom stereocenters. The first-order valence-electron chi connectivity index (χ1n) is 6.80. The van der Waals surface area contributed by atoms with Gasteiger partial charge in [0.15, 0.2) is 0 Å². The standard InChI is InChI=1S/C7H14N.C7H10N.2ClH.Pt/c2*1-2-7-5-3-4-6-8-7;;;/h7H,2-6H2,1H3;3-5H,2,6H2,1H3;2*1H;/q2*-1;;;+4/p-2. The van der Waals surface area contributed by atoms with Gasteiger partial charge in [-0.1, -0.05) is 58.1 Å². The van der Waals surface area contributed by atoms with Gasteiger partial charge in [0, 0.05) is 0 Å². The van der Waals surface area contributed by atoms with Crippen molar-refractivity contribution in [2.24, 2.45) is 0 Å². The summed E-state index contributed by atoms with van der Waals surface area (Å²) in [4.78, 5) is 0. The number of allylic oxidation sites excluding steroid dienone is 3. The molecular formula is C14H24Cl2N2Pt. The Kier molecular flexibility index (Phi) is 15.3. The van der Waals surface area contributed by atoms with Crippen molar-refractivity contribution in [1.82, 2.24) is 0 Å². The van der Waals surface area contributed by atoms with Crippen molar-refractivity contribution in [3.05, 3.63) is 34.6 Å². The molecule has 0 aliphatic carbocycles. The maximum absolute atomic E-state index is 4.88. The van der Waals surface area contributed by atoms with Crippen molar-refractivity contribution in [2.75, 3.05) is 13.1 Å². The first-order chi connectivity index (χ1) is 9.28. The van der Waals surface area contributed by atoms with Gasteiger partial charge in [-0.25, -0.2) is 0 Å². The van der Waals surface area contributed by atoms with E-state index in [0.717, 1.165) is 19.5 Å². The van der Waals surface area contributed by atoms with E-state index in [4.69, 9.17) is 18.8 Å². The average molecular weight is 486 g/mol. The Labute approximate surface area is 134 Å². The zero-order valence-corrected chi connectivity index (χ0v) is 15.5. The van der Waals surface area contributed by atoms with E-state index in [0.29, 0.717) is 6.04 Å². The Morgan fingerprint density at radius 1 is 1.32 bits per heavy atom. The molecule has 1 atom stereocenters. The Hall–Kier alpha value is 0.508. The van der Waals surface area contributed by atoms with Crippen LogP contribution in [-0.2, 0) is 16.5 Å². The molecule has 0 radical (unpaired) electrons. The van der Waals surface area contributed by atoms with E-state index < -0.39 is 16.5 Å². The van der Waals surface area contributed by atoms with E-state index in [1.807, 2.05) is 0 Å². The molecule has 2 aliphatic rings. The molecule has 0 spiro atoms. The fourth-order valence-corrected chi connectivity index (χ4v) is 1.88. The van der Waals surface area contributed by atoms with Crippen LogP contribution in [0.4, 0.5) is 0 Å². The van der Waals surface area contributed by atoms with Gasteiger partial charge in [0.2, 0.25) is 0 Å². The third-order valence-corrected chi connectivity index (χ3v) is 2.99. The second-order valence-corrected chi connectivity index (χ2v) is 7.57. The molecule has 1 saturated heterocycles. The summed E-state index contributed by atoms with van der Waals surface area (Å²) in [6, 6.07) is 0.712. The zero-order valence-electron chi connectivity index (χ0n) is 11.7. The van der Waals surface area contributed by atoms with Gasteiger partial charge in [0.05, 0.1) is 0 Å². The van der Waals surface area contributed by atoms with Crippen molar-refractivity contribution >= 4 is 18.8 Å². The Morgan fingerprint density at radius 3 is 2.37 bits per heavy atom. The molecule has 2 heterocycles. The van der Waals surface area contributed by atoms with Crippen LogP contribution in [0.25, 0.3) is 10.6 Å². The average Bonchev–Trinajstić information content (AvgIpc) is 2.50. The molecule has 0 bridgehead atoms. The third kappa shape index (κ3) is 12.0. The van der Waals surface area contributed by atoms with Crippen LogP contribution in [0.15, 0.2) is 23.9 Å². The molecule has 0 N–H and O–H groups in total. The van der Waals surface area contributed by atoms with Crippen LogP contribution in [0.5, 0.6) is 0 Å². The van der Waals surface area contributed by atoms with E-state index in [2.05, 4.69) is 42.7 Å². The van der Waals surface area contributed by atoms with Crippen molar-refractivity contribution in [2.45, 2.75) is 52.0 Å². The molecule has 0 aromatic rings. The van der Waals surface area contributed by atoms with Gasteiger partial charge in [0.1, 0.15) is 0 Å². The van der Waals surface area contributed by atoms with Crippen molar-refractivity contribution in [3.63, 3.8) is 0 Å². The second kappa shape index (κ2) is 14.9. The zero-order chi connectivity index (χ0) is 14.3. The summed E-state index contributed by atoms with van der Waals surface area (Å²) < 4.78 is 0. The SMILES string of the molecule is CCC1=CC=CC[N-]1.CCC1CCCC[N-]1.[Cl][Pt+2][Cl]. The van der Waals surface area contributed by atoms with E-state index in [1.54, 1.807) is 0 Å². The molecule has 0 aromatic carbocycles. The summed E-state index contributed by atoms with van der Waals surface area (Å²) in [7, 11) is 9.75.